The van der Waals surface area contributed by atoms with E-state index in [1.54, 1.807) is 38.7 Å². The molecule has 2 rings (SSSR count). The number of ether oxygens (including phenoxy) is 2. The molecular weight excluding hydrogens is 390 g/mol. The van der Waals surface area contributed by atoms with Crippen molar-refractivity contribution in [2.45, 2.75) is 51.9 Å². The van der Waals surface area contributed by atoms with Crippen LogP contribution in [0.2, 0.25) is 0 Å². The van der Waals surface area contributed by atoms with E-state index >= 15 is 0 Å². The molecule has 8 heteroatoms. The zero-order chi connectivity index (χ0) is 21.4. The van der Waals surface area contributed by atoms with Crippen LogP contribution in [0.3, 0.4) is 0 Å². The predicted octanol–water partition coefficient (Wildman–Crippen LogP) is 3.60. The number of carbonyl (C=O) groups excluding carboxylic acids is 2. The van der Waals surface area contributed by atoms with Crippen LogP contribution in [0.1, 0.15) is 39.7 Å². The van der Waals surface area contributed by atoms with Crippen LogP contribution in [-0.2, 0) is 9.53 Å². The van der Waals surface area contributed by atoms with E-state index in [0.29, 0.717) is 12.2 Å². The first-order valence-electron chi connectivity index (χ1n) is 9.48. The number of alkyl carbamates (subject to hydrolysis) is 1. The van der Waals surface area contributed by atoms with Gasteiger partial charge in [0.2, 0.25) is 0 Å². The number of hydrogen-bond donors (Lipinski definition) is 2. The summed E-state index contributed by atoms with van der Waals surface area (Å²) in [6.07, 6.45) is 5.14. The van der Waals surface area contributed by atoms with Gasteiger partial charge >= 0.3 is 6.09 Å². The number of thioether (sulfide) groups is 1. The molecule has 1 heterocycles. The second kappa shape index (κ2) is 10.3. The quantitative estimate of drug-likeness (QED) is 0.521. The lowest BCUT2D eigenvalue weighted by molar-refractivity contribution is -0.123. The number of para-hydroxylation sites is 1. The van der Waals surface area contributed by atoms with Crippen LogP contribution in [0.5, 0.6) is 5.75 Å². The minimum Gasteiger partial charge on any atom is -0.485 e. The second-order valence-corrected chi connectivity index (χ2v) is 8.64. The minimum absolute atomic E-state index is 0.183. The van der Waals surface area contributed by atoms with Gasteiger partial charge in [0.15, 0.2) is 0 Å². The fourth-order valence-electron chi connectivity index (χ4n) is 2.61. The van der Waals surface area contributed by atoms with Gasteiger partial charge in [-0.15, -0.1) is 0 Å². The van der Waals surface area contributed by atoms with Crippen LogP contribution >= 0.6 is 11.8 Å². The lowest BCUT2D eigenvalue weighted by atomic mass is 10.0. The van der Waals surface area contributed by atoms with Crippen molar-refractivity contribution in [1.29, 1.82) is 0 Å². The molecule has 0 aliphatic carbocycles. The van der Waals surface area contributed by atoms with Gasteiger partial charge in [0.25, 0.3) is 5.91 Å². The smallest absolute Gasteiger partial charge is 0.408 e. The molecule has 29 heavy (non-hydrogen) atoms. The Hall–Kier alpha value is -2.48. The molecular formula is C21H29N3O4S. The molecule has 158 valence electrons. The zero-order valence-electron chi connectivity index (χ0n) is 17.5. The molecule has 2 atom stereocenters. The fraction of sp³-hybridized carbons (Fsp3) is 0.476. The van der Waals surface area contributed by atoms with Crippen LogP contribution in [0, 0.1) is 0 Å². The molecule has 1 aliphatic heterocycles. The highest BCUT2D eigenvalue weighted by Crippen LogP contribution is 2.28. The van der Waals surface area contributed by atoms with Crippen LogP contribution in [0.25, 0.3) is 6.08 Å². The summed E-state index contributed by atoms with van der Waals surface area (Å²) in [6, 6.07) is 6.99. The van der Waals surface area contributed by atoms with Crippen LogP contribution in [0.15, 0.2) is 34.9 Å². The first-order valence-corrected chi connectivity index (χ1v) is 10.9. The van der Waals surface area contributed by atoms with Crippen molar-refractivity contribution in [3.8, 4) is 5.75 Å². The van der Waals surface area contributed by atoms with E-state index in [1.165, 1.54) is 0 Å². The van der Waals surface area contributed by atoms with Gasteiger partial charge in [0.1, 0.15) is 23.5 Å². The Labute approximate surface area is 176 Å². The van der Waals surface area contributed by atoms with Gasteiger partial charge in [0.05, 0.1) is 6.21 Å². The highest BCUT2D eigenvalue weighted by molar-refractivity contribution is 7.98. The predicted molar refractivity (Wildman–Crippen MR) is 117 cm³/mol. The maximum atomic E-state index is 12.5. The summed E-state index contributed by atoms with van der Waals surface area (Å²) in [6.45, 7) is 7.23. The number of rotatable bonds is 7. The third-order valence-corrected chi connectivity index (χ3v) is 4.66. The highest BCUT2D eigenvalue weighted by atomic mass is 32.2. The summed E-state index contributed by atoms with van der Waals surface area (Å²) in [4.78, 5) is 24.6. The molecule has 0 unspecified atom stereocenters. The lowest BCUT2D eigenvalue weighted by Gasteiger charge is -2.23. The van der Waals surface area contributed by atoms with Gasteiger partial charge in [-0.05, 0) is 58.3 Å². The lowest BCUT2D eigenvalue weighted by Crippen LogP contribution is -2.47. The Morgan fingerprint density at radius 1 is 1.34 bits per heavy atom. The Kier molecular flexibility index (Phi) is 8.13. The number of fused-ring (bicyclic) bond motifs is 1. The SMILES string of the molecule is CSCC[C@H](NC(=O)OC(C)(C)C)C(=O)N/N=C\C1=Cc2ccccc2O[C@@H]1C. The Balaban J connectivity index is 1.99. The second-order valence-electron chi connectivity index (χ2n) is 7.66. The fourth-order valence-corrected chi connectivity index (χ4v) is 3.08. The normalized spacial score (nSPS) is 17.0. The standard InChI is InChI=1S/C21H29N3O4S/c1-14-16(12-15-8-6-7-9-18(15)27-14)13-22-24-19(25)17(10-11-29-5)23-20(26)28-21(2,3)4/h6-9,12-14,17H,10-11H2,1-5H3,(H,23,26)(H,24,25)/b22-13-/t14-,17+/m1/s1. The number of nitrogens with zero attached hydrogens (tertiary/aromatic N) is 1. The van der Waals surface area contributed by atoms with Gasteiger partial charge in [-0.2, -0.15) is 16.9 Å². The summed E-state index contributed by atoms with van der Waals surface area (Å²) >= 11 is 1.59. The molecule has 0 radical (unpaired) electrons. The number of carbonyl (C=O) groups is 2. The van der Waals surface area contributed by atoms with Crippen LogP contribution < -0.4 is 15.5 Å². The molecule has 0 saturated carbocycles. The van der Waals surface area contributed by atoms with E-state index in [2.05, 4.69) is 15.8 Å². The topological polar surface area (TPSA) is 89.0 Å². The molecule has 0 bridgehead atoms. The highest BCUT2D eigenvalue weighted by Gasteiger charge is 2.24. The van der Waals surface area contributed by atoms with E-state index in [4.69, 9.17) is 9.47 Å². The van der Waals surface area contributed by atoms with Gasteiger partial charge in [-0.1, -0.05) is 18.2 Å². The van der Waals surface area contributed by atoms with Crippen molar-refractivity contribution in [2.24, 2.45) is 5.10 Å². The zero-order valence-corrected chi connectivity index (χ0v) is 18.3. The van der Waals surface area contributed by atoms with E-state index < -0.39 is 23.6 Å². The van der Waals surface area contributed by atoms with Crippen molar-refractivity contribution >= 4 is 36.1 Å². The molecule has 0 fully saturated rings. The van der Waals surface area contributed by atoms with Crippen LogP contribution in [-0.4, -0.2) is 48.0 Å². The van der Waals surface area contributed by atoms with Gasteiger partial charge in [0, 0.05) is 11.1 Å². The molecule has 1 aliphatic rings. The van der Waals surface area contributed by atoms with E-state index in [0.717, 1.165) is 16.9 Å². The van der Waals surface area contributed by atoms with Crippen LogP contribution in [0.4, 0.5) is 4.79 Å². The summed E-state index contributed by atoms with van der Waals surface area (Å²) < 4.78 is 11.1. The van der Waals surface area contributed by atoms with Gasteiger partial charge < -0.3 is 14.8 Å². The molecule has 0 saturated heterocycles. The molecule has 7 nitrogen and oxygen atoms in total. The number of benzene rings is 1. The summed E-state index contributed by atoms with van der Waals surface area (Å²) in [5.74, 6) is 1.14. The van der Waals surface area contributed by atoms with E-state index in [-0.39, 0.29) is 6.10 Å². The number of hydrogen-bond acceptors (Lipinski definition) is 6. The third kappa shape index (κ3) is 7.45. The molecule has 1 aromatic rings. The number of hydrazone groups is 1. The number of nitrogens with one attached hydrogen (secondary N) is 2. The van der Waals surface area contributed by atoms with E-state index in [9.17, 15) is 9.59 Å². The Morgan fingerprint density at radius 3 is 2.76 bits per heavy atom. The van der Waals surface area contributed by atoms with Crippen molar-refractivity contribution in [3.63, 3.8) is 0 Å². The summed E-state index contributed by atoms with van der Waals surface area (Å²) in [5, 5.41) is 6.68. The van der Waals surface area contributed by atoms with Gasteiger partial charge in [-0.25, -0.2) is 10.2 Å². The van der Waals surface area contributed by atoms with Crippen molar-refractivity contribution in [2.75, 3.05) is 12.0 Å². The van der Waals surface area contributed by atoms with Crippen molar-refractivity contribution in [3.05, 3.63) is 35.4 Å². The Morgan fingerprint density at radius 2 is 2.07 bits per heavy atom. The largest absolute Gasteiger partial charge is 0.485 e. The van der Waals surface area contributed by atoms with Crippen molar-refractivity contribution in [1.82, 2.24) is 10.7 Å². The number of amides is 2. The average molecular weight is 420 g/mol. The minimum atomic E-state index is -0.732. The molecule has 2 N–H and O–H groups in total. The maximum Gasteiger partial charge on any atom is 0.408 e. The average Bonchev–Trinajstić information content (AvgIpc) is 2.63. The molecule has 1 aromatic carbocycles. The molecule has 2 amide bonds. The molecule has 0 aromatic heterocycles. The first-order chi connectivity index (χ1) is 13.7. The molecule has 0 spiro atoms. The summed E-state index contributed by atoms with van der Waals surface area (Å²) in [5.41, 5.74) is 3.67. The van der Waals surface area contributed by atoms with Crippen molar-refractivity contribution < 1.29 is 19.1 Å². The van der Waals surface area contributed by atoms with E-state index in [1.807, 2.05) is 43.5 Å². The Bertz CT molecular complexity index is 786. The third-order valence-electron chi connectivity index (χ3n) is 4.02. The maximum absolute atomic E-state index is 12.5. The first kappa shape index (κ1) is 22.8. The summed E-state index contributed by atoms with van der Waals surface area (Å²) in [7, 11) is 0. The monoisotopic (exact) mass is 419 g/mol. The van der Waals surface area contributed by atoms with Gasteiger partial charge in [-0.3, -0.25) is 4.79 Å².